The summed E-state index contributed by atoms with van der Waals surface area (Å²) in [5.74, 6) is 4.39. The van der Waals surface area contributed by atoms with Crippen LogP contribution in [-0.2, 0) is 0 Å². The number of rotatable bonds is 2. The second-order valence-electron chi connectivity index (χ2n) is 2.88. The summed E-state index contributed by atoms with van der Waals surface area (Å²) in [5.41, 5.74) is 5.83. The largest absolute Gasteiger partial charge is 0.399 e. The fraction of sp³-hybridized carbons (Fsp3) is 0.182. The van der Waals surface area contributed by atoms with Crippen molar-refractivity contribution >= 4 is 11.6 Å². The molecule has 1 rings (SSSR count). The topological polar surface area (TPSA) is 55.1 Å². The first-order valence-electron chi connectivity index (χ1n) is 4.37. The summed E-state index contributed by atoms with van der Waals surface area (Å²) in [7, 11) is 0. The van der Waals surface area contributed by atoms with E-state index < -0.39 is 5.82 Å². The number of amides is 1. The summed E-state index contributed by atoms with van der Waals surface area (Å²) in [4.78, 5) is 11.4. The molecule has 15 heavy (non-hydrogen) atoms. The number of nitrogen functional groups attached to an aromatic ring is 1. The lowest BCUT2D eigenvalue weighted by atomic mass is 10.2. The molecule has 0 saturated heterocycles. The summed E-state index contributed by atoms with van der Waals surface area (Å²) in [6, 6.07) is 3.70. The van der Waals surface area contributed by atoms with Gasteiger partial charge >= 0.3 is 0 Å². The van der Waals surface area contributed by atoms with Crippen LogP contribution in [0.25, 0.3) is 0 Å². The second-order valence-corrected chi connectivity index (χ2v) is 2.88. The Morgan fingerprint density at radius 2 is 2.27 bits per heavy atom. The number of hydrogen-bond donors (Lipinski definition) is 2. The first-order chi connectivity index (χ1) is 7.13. The molecule has 0 heterocycles. The standard InChI is InChI=1S/C11H11FN2O/c1-2-3-4-14-11(15)8-5-9(12)7-10(13)6-8/h5-7H,4,13H2,1H3,(H,14,15). The van der Waals surface area contributed by atoms with Crippen LogP contribution in [0.2, 0.25) is 0 Å². The Morgan fingerprint density at radius 1 is 1.53 bits per heavy atom. The van der Waals surface area contributed by atoms with Gasteiger partial charge < -0.3 is 11.1 Å². The van der Waals surface area contributed by atoms with Gasteiger partial charge in [0.05, 0.1) is 6.54 Å². The normalized spacial score (nSPS) is 8.93. The molecule has 0 atom stereocenters. The molecule has 0 aliphatic heterocycles. The molecule has 0 bridgehead atoms. The molecule has 0 aromatic heterocycles. The third-order valence-corrected chi connectivity index (χ3v) is 1.70. The van der Waals surface area contributed by atoms with Gasteiger partial charge in [-0.15, -0.1) is 5.92 Å². The number of nitrogens with two attached hydrogens (primary N) is 1. The monoisotopic (exact) mass is 206 g/mol. The van der Waals surface area contributed by atoms with Crippen molar-refractivity contribution in [1.82, 2.24) is 5.32 Å². The van der Waals surface area contributed by atoms with Gasteiger partial charge in [0.2, 0.25) is 0 Å². The molecule has 0 aliphatic rings. The number of halogens is 1. The maximum absolute atomic E-state index is 12.9. The van der Waals surface area contributed by atoms with Gasteiger partial charge in [-0.3, -0.25) is 4.79 Å². The fourth-order valence-corrected chi connectivity index (χ4v) is 1.06. The zero-order chi connectivity index (χ0) is 11.3. The molecule has 0 fully saturated rings. The lowest BCUT2D eigenvalue weighted by molar-refractivity contribution is 0.0958. The Labute approximate surface area is 87.5 Å². The van der Waals surface area contributed by atoms with Crippen molar-refractivity contribution in [2.24, 2.45) is 0 Å². The highest BCUT2D eigenvalue weighted by Gasteiger charge is 2.06. The van der Waals surface area contributed by atoms with Crippen LogP contribution in [0.4, 0.5) is 10.1 Å². The number of hydrogen-bond acceptors (Lipinski definition) is 2. The number of nitrogens with one attached hydrogen (secondary N) is 1. The van der Waals surface area contributed by atoms with Crippen molar-refractivity contribution in [1.29, 1.82) is 0 Å². The minimum atomic E-state index is -0.526. The Hall–Kier alpha value is -2.02. The molecule has 0 spiro atoms. The van der Waals surface area contributed by atoms with Crippen LogP contribution in [0.15, 0.2) is 18.2 Å². The van der Waals surface area contributed by atoms with Crippen molar-refractivity contribution < 1.29 is 9.18 Å². The van der Waals surface area contributed by atoms with Crippen molar-refractivity contribution in [2.45, 2.75) is 6.92 Å². The molecule has 0 saturated carbocycles. The van der Waals surface area contributed by atoms with Crippen molar-refractivity contribution in [2.75, 3.05) is 12.3 Å². The van der Waals surface area contributed by atoms with Gasteiger partial charge in [0.15, 0.2) is 0 Å². The van der Waals surface area contributed by atoms with Crippen molar-refractivity contribution in [3.8, 4) is 11.8 Å². The Kier molecular flexibility index (Phi) is 3.69. The predicted octanol–water partition coefficient (Wildman–Crippen LogP) is 1.16. The van der Waals surface area contributed by atoms with E-state index in [0.29, 0.717) is 0 Å². The van der Waals surface area contributed by atoms with Gasteiger partial charge in [0.1, 0.15) is 5.82 Å². The minimum absolute atomic E-state index is 0.199. The first kappa shape index (κ1) is 11.1. The van der Waals surface area contributed by atoms with E-state index in [1.807, 2.05) is 0 Å². The number of benzene rings is 1. The van der Waals surface area contributed by atoms with E-state index in [2.05, 4.69) is 17.2 Å². The average molecular weight is 206 g/mol. The maximum atomic E-state index is 12.9. The molecule has 4 heteroatoms. The van der Waals surface area contributed by atoms with Crippen LogP contribution in [0.5, 0.6) is 0 Å². The van der Waals surface area contributed by atoms with Crippen LogP contribution in [0, 0.1) is 17.7 Å². The molecule has 0 aliphatic carbocycles. The van der Waals surface area contributed by atoms with Crippen LogP contribution < -0.4 is 11.1 Å². The van der Waals surface area contributed by atoms with Gasteiger partial charge in [-0.1, -0.05) is 5.92 Å². The van der Waals surface area contributed by atoms with Gasteiger partial charge in [-0.2, -0.15) is 0 Å². The van der Waals surface area contributed by atoms with E-state index >= 15 is 0 Å². The third-order valence-electron chi connectivity index (χ3n) is 1.70. The van der Waals surface area contributed by atoms with Crippen LogP contribution in [0.1, 0.15) is 17.3 Å². The zero-order valence-electron chi connectivity index (χ0n) is 8.30. The SMILES string of the molecule is CC#CCNC(=O)c1cc(N)cc(F)c1. The molecule has 0 radical (unpaired) electrons. The lowest BCUT2D eigenvalue weighted by Crippen LogP contribution is -2.23. The molecular formula is C11H11FN2O. The Bertz CT molecular complexity index is 412. The van der Waals surface area contributed by atoms with Crippen molar-refractivity contribution in [3.63, 3.8) is 0 Å². The maximum Gasteiger partial charge on any atom is 0.252 e. The molecule has 3 N–H and O–H groups in total. The first-order valence-corrected chi connectivity index (χ1v) is 4.37. The Morgan fingerprint density at radius 3 is 2.87 bits per heavy atom. The predicted molar refractivity (Wildman–Crippen MR) is 56.6 cm³/mol. The molecule has 1 aromatic rings. The summed E-state index contributed by atoms with van der Waals surface area (Å²) < 4.78 is 12.9. The Balaban J connectivity index is 2.76. The molecule has 0 unspecified atom stereocenters. The highest BCUT2D eigenvalue weighted by molar-refractivity contribution is 5.95. The van der Waals surface area contributed by atoms with Gasteiger partial charge in [0, 0.05) is 11.3 Å². The highest BCUT2D eigenvalue weighted by atomic mass is 19.1. The molecule has 1 amide bonds. The number of anilines is 1. The summed E-state index contributed by atoms with van der Waals surface area (Å²) in [5, 5.41) is 2.52. The summed E-state index contributed by atoms with van der Waals surface area (Å²) in [6.45, 7) is 1.91. The number of carbonyl (C=O) groups excluding carboxylic acids is 1. The van der Waals surface area contributed by atoms with Crippen LogP contribution >= 0.6 is 0 Å². The van der Waals surface area contributed by atoms with E-state index in [-0.39, 0.29) is 23.7 Å². The van der Waals surface area contributed by atoms with Gasteiger partial charge in [0.25, 0.3) is 5.91 Å². The lowest BCUT2D eigenvalue weighted by Gasteiger charge is -2.02. The van der Waals surface area contributed by atoms with Crippen LogP contribution in [0.3, 0.4) is 0 Å². The van der Waals surface area contributed by atoms with Crippen molar-refractivity contribution in [3.05, 3.63) is 29.6 Å². The molecular weight excluding hydrogens is 195 g/mol. The minimum Gasteiger partial charge on any atom is -0.399 e. The van der Waals surface area contributed by atoms with Gasteiger partial charge in [-0.25, -0.2) is 4.39 Å². The fourth-order valence-electron chi connectivity index (χ4n) is 1.06. The summed E-state index contributed by atoms with van der Waals surface area (Å²) in [6.07, 6.45) is 0. The smallest absolute Gasteiger partial charge is 0.252 e. The van der Waals surface area contributed by atoms with E-state index in [4.69, 9.17) is 5.73 Å². The number of carbonyl (C=O) groups is 1. The molecule has 3 nitrogen and oxygen atoms in total. The van der Waals surface area contributed by atoms with Crippen LogP contribution in [-0.4, -0.2) is 12.5 Å². The summed E-state index contributed by atoms with van der Waals surface area (Å²) >= 11 is 0. The van der Waals surface area contributed by atoms with E-state index in [0.717, 1.165) is 12.1 Å². The average Bonchev–Trinajstić information content (AvgIpc) is 2.16. The zero-order valence-corrected chi connectivity index (χ0v) is 8.30. The molecule has 78 valence electrons. The van der Waals surface area contributed by atoms with Gasteiger partial charge in [-0.05, 0) is 25.1 Å². The van der Waals surface area contributed by atoms with E-state index in [9.17, 15) is 9.18 Å². The second kappa shape index (κ2) is 5.01. The third kappa shape index (κ3) is 3.31. The quantitative estimate of drug-likeness (QED) is 0.563. The van der Waals surface area contributed by atoms with E-state index in [1.165, 1.54) is 6.07 Å². The van der Waals surface area contributed by atoms with E-state index in [1.54, 1.807) is 6.92 Å². The molecule has 1 aromatic carbocycles. The highest BCUT2D eigenvalue weighted by Crippen LogP contribution is 2.10.